The molecule has 1 heterocycles. The molecular formula is C18H13F3N4. The van der Waals surface area contributed by atoms with Crippen LogP contribution in [0.4, 0.5) is 18.9 Å². The zero-order valence-electron chi connectivity index (χ0n) is 13.2. The lowest BCUT2D eigenvalue weighted by Crippen LogP contribution is -2.18. The van der Waals surface area contributed by atoms with Crippen molar-refractivity contribution >= 4 is 5.69 Å². The van der Waals surface area contributed by atoms with Crippen LogP contribution >= 0.6 is 0 Å². The van der Waals surface area contributed by atoms with E-state index in [9.17, 15) is 13.2 Å². The summed E-state index contributed by atoms with van der Waals surface area (Å²) in [6.45, 7) is 0. The number of halogens is 3. The highest BCUT2D eigenvalue weighted by atomic mass is 19.1. The van der Waals surface area contributed by atoms with Gasteiger partial charge in [-0.15, -0.1) is 0 Å². The molecule has 1 atom stereocenters. The highest BCUT2D eigenvalue weighted by Gasteiger charge is 2.22. The normalized spacial score (nSPS) is 11.8. The van der Waals surface area contributed by atoms with E-state index in [4.69, 9.17) is 5.26 Å². The summed E-state index contributed by atoms with van der Waals surface area (Å²) in [5.41, 5.74) is 0.0889. The molecule has 7 heteroatoms. The van der Waals surface area contributed by atoms with Gasteiger partial charge in [0.15, 0.2) is 11.6 Å². The molecule has 1 aromatic heterocycles. The minimum atomic E-state index is -0.891. The van der Waals surface area contributed by atoms with Crippen LogP contribution in [0, 0.1) is 28.8 Å². The topological polar surface area (TPSA) is 53.6 Å². The molecule has 126 valence electrons. The maximum absolute atomic E-state index is 14.2. The molecular weight excluding hydrogens is 329 g/mol. The summed E-state index contributed by atoms with van der Waals surface area (Å²) in [4.78, 5) is 4.21. The number of hydrogen-bond acceptors (Lipinski definition) is 3. The largest absolute Gasteiger partial charge is 0.367 e. The number of anilines is 1. The average molecular weight is 342 g/mol. The van der Waals surface area contributed by atoms with E-state index in [1.807, 2.05) is 0 Å². The smallest absolute Gasteiger partial charge is 0.150 e. The van der Waals surface area contributed by atoms with Crippen molar-refractivity contribution < 1.29 is 13.2 Å². The molecule has 0 saturated heterocycles. The first-order valence-corrected chi connectivity index (χ1v) is 7.38. The lowest BCUT2D eigenvalue weighted by molar-refractivity contribution is 0.582. The van der Waals surface area contributed by atoms with Gasteiger partial charge in [-0.2, -0.15) is 5.26 Å². The molecule has 0 aliphatic heterocycles. The van der Waals surface area contributed by atoms with Crippen LogP contribution in [0.5, 0.6) is 0 Å². The quantitative estimate of drug-likeness (QED) is 0.782. The number of aromatic nitrogens is 2. The van der Waals surface area contributed by atoms with E-state index in [-0.39, 0.29) is 11.3 Å². The molecule has 2 aromatic carbocycles. The summed E-state index contributed by atoms with van der Waals surface area (Å²) < 4.78 is 43.4. The van der Waals surface area contributed by atoms with Crippen molar-refractivity contribution in [1.82, 2.24) is 9.55 Å². The summed E-state index contributed by atoms with van der Waals surface area (Å²) in [5, 5.41) is 11.6. The Morgan fingerprint density at radius 2 is 1.76 bits per heavy atom. The van der Waals surface area contributed by atoms with Gasteiger partial charge in [0.1, 0.15) is 23.4 Å². The van der Waals surface area contributed by atoms with Crippen molar-refractivity contribution in [3.8, 4) is 6.07 Å². The van der Waals surface area contributed by atoms with Gasteiger partial charge in [-0.25, -0.2) is 18.2 Å². The second-order valence-electron chi connectivity index (χ2n) is 5.45. The van der Waals surface area contributed by atoms with E-state index < -0.39 is 23.5 Å². The van der Waals surface area contributed by atoms with E-state index in [1.165, 1.54) is 24.3 Å². The maximum Gasteiger partial charge on any atom is 0.150 e. The Morgan fingerprint density at radius 1 is 1.12 bits per heavy atom. The molecule has 0 aliphatic carbocycles. The number of aryl methyl sites for hydroxylation is 1. The van der Waals surface area contributed by atoms with Crippen LogP contribution in [0.3, 0.4) is 0 Å². The SMILES string of the molecule is Cn1ccnc1[C@H](Nc1c(F)cc(C#N)cc1F)c1ccc(F)cc1. The molecule has 3 rings (SSSR count). The minimum Gasteiger partial charge on any atom is -0.367 e. The molecule has 0 unspecified atom stereocenters. The Hall–Kier alpha value is -3.27. The Kier molecular flexibility index (Phi) is 4.44. The first-order chi connectivity index (χ1) is 12.0. The lowest BCUT2D eigenvalue weighted by Gasteiger charge is -2.21. The number of nitrogens with zero attached hydrogens (tertiary/aromatic N) is 3. The molecule has 0 radical (unpaired) electrons. The van der Waals surface area contributed by atoms with Crippen molar-refractivity contribution in [2.75, 3.05) is 5.32 Å². The standard InChI is InChI=1S/C18H13F3N4/c1-25-7-6-23-18(25)16(12-2-4-13(19)5-3-12)24-17-14(20)8-11(10-22)9-15(17)21/h2-9,16,24H,1H3/t16-/m1/s1. The van der Waals surface area contributed by atoms with Crippen LogP contribution in [-0.4, -0.2) is 9.55 Å². The second-order valence-corrected chi connectivity index (χ2v) is 5.45. The molecule has 0 bridgehead atoms. The highest BCUT2D eigenvalue weighted by Crippen LogP contribution is 2.29. The Balaban J connectivity index is 2.07. The van der Waals surface area contributed by atoms with Gasteiger partial charge < -0.3 is 9.88 Å². The van der Waals surface area contributed by atoms with Crippen LogP contribution in [-0.2, 0) is 7.05 Å². The van der Waals surface area contributed by atoms with Gasteiger partial charge in [0.2, 0.25) is 0 Å². The van der Waals surface area contributed by atoms with E-state index in [1.54, 1.807) is 30.1 Å². The fraction of sp³-hybridized carbons (Fsp3) is 0.111. The van der Waals surface area contributed by atoms with Crippen LogP contribution in [0.15, 0.2) is 48.8 Å². The number of benzene rings is 2. The molecule has 0 fully saturated rings. The maximum atomic E-state index is 14.2. The summed E-state index contributed by atoms with van der Waals surface area (Å²) in [7, 11) is 1.74. The Morgan fingerprint density at radius 3 is 2.28 bits per heavy atom. The molecule has 1 N–H and O–H groups in total. The van der Waals surface area contributed by atoms with Gasteiger partial charge in [0, 0.05) is 19.4 Å². The predicted octanol–water partition coefficient (Wildman–Crippen LogP) is 3.91. The number of rotatable bonds is 4. The van der Waals surface area contributed by atoms with Gasteiger partial charge in [-0.05, 0) is 29.8 Å². The third kappa shape index (κ3) is 3.33. The van der Waals surface area contributed by atoms with E-state index in [0.29, 0.717) is 11.4 Å². The zero-order valence-corrected chi connectivity index (χ0v) is 13.2. The fourth-order valence-corrected chi connectivity index (χ4v) is 2.53. The third-order valence-electron chi connectivity index (χ3n) is 3.78. The number of nitriles is 1. The van der Waals surface area contributed by atoms with Crippen molar-refractivity contribution in [2.24, 2.45) is 7.05 Å². The number of hydrogen-bond donors (Lipinski definition) is 1. The second kappa shape index (κ2) is 6.69. The van der Waals surface area contributed by atoms with E-state index >= 15 is 0 Å². The van der Waals surface area contributed by atoms with Gasteiger partial charge in [0.05, 0.1) is 11.6 Å². The van der Waals surface area contributed by atoms with Crippen molar-refractivity contribution in [1.29, 1.82) is 5.26 Å². The van der Waals surface area contributed by atoms with Gasteiger partial charge in [0.25, 0.3) is 0 Å². The van der Waals surface area contributed by atoms with Crippen molar-refractivity contribution in [2.45, 2.75) is 6.04 Å². The Labute approximate surface area is 142 Å². The summed E-state index contributed by atoms with van der Waals surface area (Å²) in [6.07, 6.45) is 3.25. The highest BCUT2D eigenvalue weighted by molar-refractivity contribution is 5.53. The predicted molar refractivity (Wildman–Crippen MR) is 86.1 cm³/mol. The third-order valence-corrected chi connectivity index (χ3v) is 3.78. The van der Waals surface area contributed by atoms with Crippen LogP contribution in [0.25, 0.3) is 0 Å². The van der Waals surface area contributed by atoms with Crippen LogP contribution in [0.1, 0.15) is 23.0 Å². The molecule has 4 nitrogen and oxygen atoms in total. The van der Waals surface area contributed by atoms with Gasteiger partial charge >= 0.3 is 0 Å². The Bertz CT molecular complexity index is 919. The molecule has 0 saturated carbocycles. The minimum absolute atomic E-state index is 0.115. The van der Waals surface area contributed by atoms with Crippen LogP contribution in [0.2, 0.25) is 0 Å². The summed E-state index contributed by atoms with van der Waals surface area (Å²) in [6, 6.07) is 8.44. The molecule has 0 aliphatic rings. The van der Waals surface area contributed by atoms with E-state index in [2.05, 4.69) is 10.3 Å². The van der Waals surface area contributed by atoms with Gasteiger partial charge in [-0.3, -0.25) is 0 Å². The number of nitrogens with one attached hydrogen (secondary N) is 1. The first kappa shape index (κ1) is 16.6. The first-order valence-electron chi connectivity index (χ1n) is 7.38. The summed E-state index contributed by atoms with van der Waals surface area (Å²) >= 11 is 0. The monoisotopic (exact) mass is 342 g/mol. The molecule has 0 spiro atoms. The molecule has 3 aromatic rings. The number of imidazole rings is 1. The average Bonchev–Trinajstić information content (AvgIpc) is 3.01. The lowest BCUT2D eigenvalue weighted by atomic mass is 10.0. The molecule has 25 heavy (non-hydrogen) atoms. The van der Waals surface area contributed by atoms with Crippen LogP contribution < -0.4 is 5.32 Å². The summed E-state index contributed by atoms with van der Waals surface area (Å²) in [5.74, 6) is -1.71. The van der Waals surface area contributed by atoms with E-state index in [0.717, 1.165) is 12.1 Å². The fourth-order valence-electron chi connectivity index (χ4n) is 2.53. The van der Waals surface area contributed by atoms with Gasteiger partial charge in [-0.1, -0.05) is 12.1 Å². The van der Waals surface area contributed by atoms with Crippen molar-refractivity contribution in [3.05, 3.63) is 83.2 Å². The zero-order chi connectivity index (χ0) is 18.0. The molecule has 0 amide bonds. The van der Waals surface area contributed by atoms with Crippen molar-refractivity contribution in [3.63, 3.8) is 0 Å².